The van der Waals surface area contributed by atoms with Crippen LogP contribution in [0.1, 0.15) is 94.9 Å². The second-order valence-corrected chi connectivity index (χ2v) is 23.5. The van der Waals surface area contributed by atoms with Gasteiger partial charge in [0.25, 0.3) is 0 Å². The number of rotatable bonds is 34. The van der Waals surface area contributed by atoms with E-state index in [-0.39, 0.29) is 95.2 Å². The van der Waals surface area contributed by atoms with Crippen LogP contribution in [0, 0.1) is 17.2 Å². The highest BCUT2D eigenvalue weighted by molar-refractivity contribution is 5.99. The number of carboxylic acid groups (broad SMARTS) is 1. The van der Waals surface area contributed by atoms with Gasteiger partial charge in [0.1, 0.15) is 41.8 Å². The number of nitrogens with zero attached hydrogens (tertiary/aromatic N) is 2. The molecule has 89 heavy (non-hydrogen) atoms. The van der Waals surface area contributed by atoms with Crippen LogP contribution in [-0.2, 0) is 68.8 Å². The number of hydrogen-bond donors (Lipinski definition) is 14. The largest absolute Gasteiger partial charge is 0.480 e. The SMILES string of the molecule is CC(C)C[C@@H](NC(=O)[C@@H](CCc1ccccc1)NC(=O)[C@H](N)Cc1ccccc1)C(=O)NC(CC(=N)N)C(=O)NC1(C(=O)O)CCN(C(=O)[C@@H](CCN=C(N)N)NC(=O)[C@@H](CC(C)C)NC(=O)[C@@H](Cc2ccccc2)NC(=O)[C@H](N)Cc2ccccc2)CC1. The summed E-state index contributed by atoms with van der Waals surface area (Å²) in [6, 6.07) is 26.7. The number of amidine groups is 1. The molecular formula is C64H89N15O10. The summed E-state index contributed by atoms with van der Waals surface area (Å²) >= 11 is 0. The number of aliphatic carboxylic acids is 1. The van der Waals surface area contributed by atoms with Gasteiger partial charge < -0.3 is 75.9 Å². The van der Waals surface area contributed by atoms with Crippen molar-refractivity contribution in [3.05, 3.63) is 144 Å². The first-order valence-corrected chi connectivity index (χ1v) is 30.0. The Morgan fingerprint density at radius 3 is 1.31 bits per heavy atom. The van der Waals surface area contributed by atoms with Crippen LogP contribution < -0.4 is 65.9 Å². The number of benzene rings is 4. The van der Waals surface area contributed by atoms with Crippen LogP contribution in [-0.4, -0.2) is 149 Å². The third kappa shape index (κ3) is 23.4. The van der Waals surface area contributed by atoms with Gasteiger partial charge in [0, 0.05) is 32.5 Å². The Balaban J connectivity index is 1.30. The van der Waals surface area contributed by atoms with E-state index in [0.29, 0.717) is 12.0 Å². The molecule has 0 bridgehead atoms. The lowest BCUT2D eigenvalue weighted by Gasteiger charge is -2.41. The summed E-state index contributed by atoms with van der Waals surface area (Å²) < 4.78 is 0. The van der Waals surface area contributed by atoms with Gasteiger partial charge in [-0.2, -0.15) is 0 Å². The molecule has 0 saturated carbocycles. The third-order valence-corrected chi connectivity index (χ3v) is 15.1. The number of nitrogens with two attached hydrogens (primary N) is 5. The summed E-state index contributed by atoms with van der Waals surface area (Å²) in [6.07, 6.45) is -0.306. The molecule has 1 fully saturated rings. The average molecular weight is 1230 g/mol. The van der Waals surface area contributed by atoms with Gasteiger partial charge in [-0.25, -0.2) is 4.79 Å². The maximum Gasteiger partial charge on any atom is 0.329 e. The summed E-state index contributed by atoms with van der Waals surface area (Å²) in [5, 5.41) is 37.9. The zero-order valence-corrected chi connectivity index (χ0v) is 51.1. The molecule has 480 valence electrons. The summed E-state index contributed by atoms with van der Waals surface area (Å²) in [6.45, 7) is 6.63. The normalized spacial score (nSPS) is 15.4. The molecule has 4 aromatic carbocycles. The molecule has 1 aliphatic rings. The number of carbonyl (C=O) groups excluding carboxylic acids is 8. The fraction of sp³-hybridized carbons (Fsp3) is 0.453. The van der Waals surface area contributed by atoms with Crippen LogP contribution >= 0.6 is 0 Å². The Labute approximate surface area is 519 Å². The predicted molar refractivity (Wildman–Crippen MR) is 338 cm³/mol. The van der Waals surface area contributed by atoms with Gasteiger partial charge in [-0.3, -0.25) is 48.8 Å². The number of likely N-dealkylation sites (tertiary alicyclic amines) is 1. The Kier molecular flexibility index (Phi) is 27.7. The van der Waals surface area contributed by atoms with E-state index in [2.05, 4.69) is 42.2 Å². The molecule has 0 radical (unpaired) electrons. The van der Waals surface area contributed by atoms with E-state index >= 15 is 0 Å². The van der Waals surface area contributed by atoms with Gasteiger partial charge in [0.05, 0.1) is 17.9 Å². The van der Waals surface area contributed by atoms with Crippen molar-refractivity contribution in [1.82, 2.24) is 42.1 Å². The number of carboxylic acids is 1. The number of hydrogen-bond acceptors (Lipinski definition) is 13. The number of guanidine groups is 1. The van der Waals surface area contributed by atoms with Crippen LogP contribution in [0.5, 0.6) is 0 Å². The summed E-state index contributed by atoms with van der Waals surface area (Å²) in [5.41, 5.74) is 30.9. The molecule has 8 amide bonds. The molecule has 8 atom stereocenters. The monoisotopic (exact) mass is 1230 g/mol. The Hall–Kier alpha value is -9.23. The number of aryl methyl sites for hydroxylation is 1. The topological polar surface area (TPSA) is 428 Å². The second kappa shape index (κ2) is 34.9. The van der Waals surface area contributed by atoms with Crippen LogP contribution in [0.2, 0.25) is 0 Å². The molecule has 1 heterocycles. The van der Waals surface area contributed by atoms with Crippen LogP contribution in [0.3, 0.4) is 0 Å². The van der Waals surface area contributed by atoms with E-state index in [1.807, 2.05) is 105 Å². The van der Waals surface area contributed by atoms with E-state index in [1.165, 1.54) is 4.90 Å². The predicted octanol–water partition coefficient (Wildman–Crippen LogP) is 0.554. The molecule has 5 rings (SSSR count). The van der Waals surface area contributed by atoms with E-state index < -0.39 is 119 Å². The van der Waals surface area contributed by atoms with E-state index in [0.717, 1.165) is 16.7 Å². The van der Waals surface area contributed by atoms with E-state index in [9.17, 15) is 48.3 Å². The molecule has 1 saturated heterocycles. The lowest BCUT2D eigenvalue weighted by molar-refractivity contribution is -0.152. The van der Waals surface area contributed by atoms with Crippen LogP contribution in [0.4, 0.5) is 0 Å². The fourth-order valence-electron chi connectivity index (χ4n) is 10.3. The lowest BCUT2D eigenvalue weighted by atomic mass is 9.86. The number of amides is 8. The molecule has 25 nitrogen and oxygen atoms in total. The van der Waals surface area contributed by atoms with Gasteiger partial charge in [0.2, 0.25) is 47.3 Å². The minimum absolute atomic E-state index is 0.0521. The van der Waals surface area contributed by atoms with Crippen molar-refractivity contribution in [1.29, 1.82) is 5.41 Å². The quantitative estimate of drug-likeness (QED) is 0.0224. The third-order valence-electron chi connectivity index (χ3n) is 15.1. The fourth-order valence-corrected chi connectivity index (χ4v) is 10.3. The summed E-state index contributed by atoms with van der Waals surface area (Å²) in [5.74, 6) is -8.48. The summed E-state index contributed by atoms with van der Waals surface area (Å²) in [7, 11) is 0. The van der Waals surface area contributed by atoms with E-state index in [4.69, 9.17) is 34.1 Å². The van der Waals surface area contributed by atoms with Crippen molar-refractivity contribution >= 4 is 65.0 Å². The van der Waals surface area contributed by atoms with Crippen molar-refractivity contribution in [2.75, 3.05) is 19.6 Å². The van der Waals surface area contributed by atoms with Gasteiger partial charge >= 0.3 is 5.97 Å². The highest BCUT2D eigenvalue weighted by Crippen LogP contribution is 2.25. The molecule has 19 N–H and O–H groups in total. The minimum Gasteiger partial charge on any atom is -0.480 e. The molecule has 0 aliphatic carbocycles. The first-order chi connectivity index (χ1) is 42.3. The molecule has 1 aliphatic heterocycles. The highest BCUT2D eigenvalue weighted by atomic mass is 16.4. The Morgan fingerprint density at radius 1 is 0.506 bits per heavy atom. The lowest BCUT2D eigenvalue weighted by Crippen LogP contribution is -2.65. The van der Waals surface area contributed by atoms with Gasteiger partial charge in [-0.15, -0.1) is 0 Å². The second-order valence-electron chi connectivity index (χ2n) is 23.5. The number of piperidine rings is 1. The van der Waals surface area contributed by atoms with Crippen molar-refractivity contribution < 1.29 is 48.3 Å². The Morgan fingerprint density at radius 2 is 0.888 bits per heavy atom. The minimum atomic E-state index is -2.02. The van der Waals surface area contributed by atoms with Gasteiger partial charge in [-0.1, -0.05) is 149 Å². The molecule has 4 aromatic rings. The number of aliphatic imine (C=N–C) groups is 1. The maximum atomic E-state index is 14.5. The summed E-state index contributed by atoms with van der Waals surface area (Å²) in [4.78, 5) is 132. The Bertz CT molecular complexity index is 3030. The zero-order chi connectivity index (χ0) is 65.2. The number of nitrogens with one attached hydrogen (secondary N) is 8. The zero-order valence-electron chi connectivity index (χ0n) is 51.1. The number of carbonyl (C=O) groups is 9. The first kappa shape index (κ1) is 70.5. The average Bonchev–Trinajstić information content (AvgIpc) is 2.12. The van der Waals surface area contributed by atoms with Crippen LogP contribution in [0.15, 0.2) is 126 Å². The van der Waals surface area contributed by atoms with Crippen molar-refractivity contribution in [3.63, 3.8) is 0 Å². The molecule has 0 spiro atoms. The van der Waals surface area contributed by atoms with Gasteiger partial charge in [0.15, 0.2) is 5.96 Å². The first-order valence-electron chi connectivity index (χ1n) is 30.0. The molecule has 1 unspecified atom stereocenters. The standard InChI is InChI=1S/C64H89N15O10/c1-39(2)33-49(76-59(85)51(37-44-23-15-8-16-24-44)74-55(81)46(66)36-43-21-13-7-14-22-43)57(83)73-48(27-30-71-63(69)70)61(87)79-31-28-64(29-32-79,62(88)89)78-60(86)52(38-53(67)68)77-58(84)50(34-40(3)4)75-56(82)47(26-25-41-17-9-5-10-18-41)72-54(80)45(65)35-42-19-11-6-12-20-42/h5-24,39-40,45-52H,25-38,65-66H2,1-4H3,(H3,67,68)(H,72,80)(H,73,83)(H,74,81)(H,75,82)(H,76,85)(H,77,84)(H,78,86)(H,88,89)(H4,69,70,71)/t45-,46-,47-,48-,49-,50-,51-,52?/m1/s1. The van der Waals surface area contributed by atoms with Crippen LogP contribution in [0.25, 0.3) is 0 Å². The molecule has 25 heteroatoms. The van der Waals surface area contributed by atoms with Crippen molar-refractivity contribution in [3.8, 4) is 0 Å². The van der Waals surface area contributed by atoms with Gasteiger partial charge in [-0.05, 0) is 91.9 Å². The van der Waals surface area contributed by atoms with Crippen molar-refractivity contribution in [2.24, 2.45) is 45.5 Å². The molecular weight excluding hydrogens is 1140 g/mol. The smallest absolute Gasteiger partial charge is 0.329 e. The van der Waals surface area contributed by atoms with E-state index in [1.54, 1.807) is 44.2 Å². The molecule has 0 aromatic heterocycles. The highest BCUT2D eigenvalue weighted by Gasteiger charge is 2.46. The van der Waals surface area contributed by atoms with Crippen molar-refractivity contribution in [2.45, 2.75) is 152 Å². The maximum absolute atomic E-state index is 14.5.